The largest absolute Gasteiger partial charge is 0.478 e. The number of imide groups is 1. The van der Waals surface area contributed by atoms with Gasteiger partial charge >= 0.3 is 12.0 Å². The van der Waals surface area contributed by atoms with Gasteiger partial charge in [-0.05, 0) is 20.3 Å². The molecule has 3 amide bonds. The maximum Gasteiger partial charge on any atom is 0.331 e. The second kappa shape index (κ2) is 10.8. The lowest BCUT2D eigenvalue weighted by Gasteiger charge is -2.08. The molecule has 0 aliphatic heterocycles. The Labute approximate surface area is 123 Å². The van der Waals surface area contributed by atoms with Gasteiger partial charge in [0.15, 0.2) is 0 Å². The molecular weight excluding hydrogens is 280 g/mol. The van der Waals surface area contributed by atoms with Gasteiger partial charge in [-0.25, -0.2) is 9.59 Å². The van der Waals surface area contributed by atoms with Gasteiger partial charge in [0.05, 0.1) is 13.2 Å². The van der Waals surface area contributed by atoms with E-state index in [4.69, 9.17) is 14.6 Å². The van der Waals surface area contributed by atoms with Crippen molar-refractivity contribution in [2.75, 3.05) is 33.5 Å². The van der Waals surface area contributed by atoms with Crippen molar-refractivity contribution < 1.29 is 29.0 Å². The van der Waals surface area contributed by atoms with Crippen LogP contribution in [-0.4, -0.2) is 56.5 Å². The number of hydrogen-bond acceptors (Lipinski definition) is 5. The Balaban J connectivity index is 3.92. The van der Waals surface area contributed by atoms with Gasteiger partial charge in [-0.3, -0.25) is 10.1 Å². The maximum atomic E-state index is 11.6. The average Bonchev–Trinajstić information content (AvgIpc) is 2.44. The van der Waals surface area contributed by atoms with E-state index in [0.717, 1.165) is 0 Å². The number of nitrogens with one attached hydrogen (secondary N) is 2. The van der Waals surface area contributed by atoms with Crippen LogP contribution in [0.1, 0.15) is 20.3 Å². The summed E-state index contributed by atoms with van der Waals surface area (Å²) in [4.78, 5) is 33.7. The molecule has 0 radical (unpaired) electrons. The van der Waals surface area contributed by atoms with Gasteiger partial charge in [0.25, 0.3) is 5.91 Å². The summed E-state index contributed by atoms with van der Waals surface area (Å²) in [6.07, 6.45) is 0.592. The van der Waals surface area contributed by atoms with Crippen molar-refractivity contribution in [3.8, 4) is 0 Å². The van der Waals surface area contributed by atoms with Crippen molar-refractivity contribution in [1.82, 2.24) is 10.6 Å². The molecule has 0 aliphatic carbocycles. The van der Waals surface area contributed by atoms with Crippen LogP contribution in [0.15, 0.2) is 11.1 Å². The van der Waals surface area contributed by atoms with Crippen LogP contribution in [0.4, 0.5) is 4.79 Å². The maximum absolute atomic E-state index is 11.6. The smallest absolute Gasteiger partial charge is 0.331 e. The third kappa shape index (κ3) is 8.77. The highest BCUT2D eigenvalue weighted by Gasteiger charge is 2.14. The summed E-state index contributed by atoms with van der Waals surface area (Å²) >= 11 is 0. The fraction of sp³-hybridized carbons (Fsp3) is 0.615. The summed E-state index contributed by atoms with van der Waals surface area (Å²) in [6, 6.07) is -0.672. The first kappa shape index (κ1) is 19.1. The number of hydrogen-bond donors (Lipinski definition) is 3. The zero-order chi connectivity index (χ0) is 16.3. The van der Waals surface area contributed by atoms with Crippen molar-refractivity contribution in [1.29, 1.82) is 0 Å². The van der Waals surface area contributed by atoms with E-state index < -0.39 is 17.9 Å². The van der Waals surface area contributed by atoms with Crippen molar-refractivity contribution >= 4 is 17.9 Å². The van der Waals surface area contributed by atoms with E-state index in [1.165, 1.54) is 13.8 Å². The normalized spacial score (nSPS) is 11.6. The summed E-state index contributed by atoms with van der Waals surface area (Å²) in [5, 5.41) is 13.3. The summed E-state index contributed by atoms with van der Waals surface area (Å²) in [5.41, 5.74) is -0.118. The first-order valence-corrected chi connectivity index (χ1v) is 6.46. The Morgan fingerprint density at radius 2 is 1.71 bits per heavy atom. The van der Waals surface area contributed by atoms with Crippen LogP contribution in [0.5, 0.6) is 0 Å². The fourth-order valence-corrected chi connectivity index (χ4v) is 1.19. The van der Waals surface area contributed by atoms with Crippen molar-refractivity contribution in [3.05, 3.63) is 11.1 Å². The molecule has 0 atom stereocenters. The minimum absolute atomic E-state index is 0.0134. The molecule has 0 aromatic carbocycles. The molecule has 0 aliphatic rings. The Bertz CT molecular complexity index is 405. The number of methoxy groups -OCH3 is 1. The molecule has 8 nitrogen and oxygen atoms in total. The molecule has 0 bridgehead atoms. The van der Waals surface area contributed by atoms with Crippen LogP contribution >= 0.6 is 0 Å². The molecule has 0 saturated carbocycles. The number of carbonyl (C=O) groups is 3. The molecular formula is C13H22N2O6. The molecule has 0 spiro atoms. The molecule has 0 rings (SSSR count). The molecule has 0 unspecified atom stereocenters. The molecule has 21 heavy (non-hydrogen) atoms. The minimum atomic E-state index is -1.20. The van der Waals surface area contributed by atoms with Gasteiger partial charge in [-0.1, -0.05) is 0 Å². The number of carboxylic acids is 1. The van der Waals surface area contributed by atoms with Crippen LogP contribution in [-0.2, 0) is 19.1 Å². The van der Waals surface area contributed by atoms with E-state index in [-0.39, 0.29) is 11.1 Å². The highest BCUT2D eigenvalue weighted by atomic mass is 16.5. The van der Waals surface area contributed by atoms with Crippen molar-refractivity contribution in [2.45, 2.75) is 20.3 Å². The van der Waals surface area contributed by atoms with Crippen LogP contribution in [0.2, 0.25) is 0 Å². The van der Waals surface area contributed by atoms with Gasteiger partial charge in [0.2, 0.25) is 0 Å². The summed E-state index contributed by atoms with van der Waals surface area (Å²) in [6.45, 7) is 4.44. The lowest BCUT2D eigenvalue weighted by molar-refractivity contribution is -0.133. The third-order valence-electron chi connectivity index (χ3n) is 2.63. The topological polar surface area (TPSA) is 114 Å². The van der Waals surface area contributed by atoms with E-state index in [2.05, 4.69) is 10.6 Å². The fourth-order valence-electron chi connectivity index (χ4n) is 1.19. The van der Waals surface area contributed by atoms with E-state index in [9.17, 15) is 14.4 Å². The Kier molecular flexibility index (Phi) is 9.82. The third-order valence-corrected chi connectivity index (χ3v) is 2.63. The molecule has 3 N–H and O–H groups in total. The van der Waals surface area contributed by atoms with Crippen molar-refractivity contribution in [3.63, 3.8) is 0 Å². The lowest BCUT2D eigenvalue weighted by Crippen LogP contribution is -2.40. The number of urea groups is 1. The van der Waals surface area contributed by atoms with Gasteiger partial charge < -0.3 is 19.9 Å². The molecule has 0 fully saturated rings. The number of amides is 3. The number of ether oxygens (including phenoxy) is 2. The zero-order valence-corrected chi connectivity index (χ0v) is 12.5. The highest BCUT2D eigenvalue weighted by molar-refractivity contribution is 6.07. The van der Waals surface area contributed by atoms with E-state index >= 15 is 0 Å². The van der Waals surface area contributed by atoms with Gasteiger partial charge in [-0.15, -0.1) is 0 Å². The van der Waals surface area contributed by atoms with Gasteiger partial charge in [-0.2, -0.15) is 0 Å². The summed E-state index contributed by atoms with van der Waals surface area (Å²) in [7, 11) is 1.58. The van der Waals surface area contributed by atoms with Crippen LogP contribution in [0.25, 0.3) is 0 Å². The number of carboxylic acid groups (broad SMARTS) is 1. The lowest BCUT2D eigenvalue weighted by atomic mass is 10.1. The van der Waals surface area contributed by atoms with Crippen LogP contribution < -0.4 is 10.6 Å². The molecule has 0 aromatic rings. The standard InChI is InChI=1S/C13H22N2O6/c1-9(10(2)12(17)18)11(16)15-13(19)14-5-4-6-21-8-7-20-3/h4-8H2,1-3H3,(H,17,18)(H2,14,15,16,19). The molecule has 0 heterocycles. The van der Waals surface area contributed by atoms with Crippen LogP contribution in [0.3, 0.4) is 0 Å². The first-order chi connectivity index (χ1) is 9.90. The monoisotopic (exact) mass is 302 g/mol. The molecule has 0 aromatic heterocycles. The van der Waals surface area contributed by atoms with Gasteiger partial charge in [0.1, 0.15) is 0 Å². The molecule has 120 valence electrons. The number of carbonyl (C=O) groups excluding carboxylic acids is 2. The number of rotatable bonds is 9. The van der Waals surface area contributed by atoms with E-state index in [0.29, 0.717) is 32.8 Å². The van der Waals surface area contributed by atoms with Gasteiger partial charge in [0, 0.05) is 31.4 Å². The van der Waals surface area contributed by atoms with Crippen LogP contribution in [0, 0.1) is 0 Å². The Hall–Kier alpha value is -1.93. The summed E-state index contributed by atoms with van der Waals surface area (Å²) in [5.74, 6) is -1.93. The van der Waals surface area contributed by atoms with E-state index in [1.54, 1.807) is 7.11 Å². The Morgan fingerprint density at radius 3 is 2.29 bits per heavy atom. The quantitative estimate of drug-likeness (QED) is 0.416. The highest BCUT2D eigenvalue weighted by Crippen LogP contribution is 2.03. The predicted octanol–water partition coefficient (Wildman–Crippen LogP) is 0.286. The minimum Gasteiger partial charge on any atom is -0.478 e. The second-order valence-corrected chi connectivity index (χ2v) is 4.22. The molecule has 8 heteroatoms. The SMILES string of the molecule is COCCOCCCNC(=O)NC(=O)C(C)=C(C)C(=O)O. The first-order valence-electron chi connectivity index (χ1n) is 6.46. The summed E-state index contributed by atoms with van der Waals surface area (Å²) < 4.78 is 10.00. The second-order valence-electron chi connectivity index (χ2n) is 4.22. The van der Waals surface area contributed by atoms with E-state index in [1.807, 2.05) is 0 Å². The number of aliphatic carboxylic acids is 1. The average molecular weight is 302 g/mol. The Morgan fingerprint density at radius 1 is 1.05 bits per heavy atom. The zero-order valence-electron chi connectivity index (χ0n) is 12.5. The predicted molar refractivity (Wildman–Crippen MR) is 74.9 cm³/mol. The van der Waals surface area contributed by atoms with Crippen molar-refractivity contribution in [2.24, 2.45) is 0 Å². The molecule has 0 saturated heterocycles.